The standard InChI is InChI=1S/C32H56N4O4/c1-7-15-36(16-8-2)32(40)27-19-24(9-3)18-26(21-27)31(39)33-28(20-25-13-11-10-12-14-25)29(37)22-35(6)34-30(38)17-23(4)5/h3,23-29,37H,7-8,10-22H2,1-2,4-6H3,(H,33,39)(H,34,38). The summed E-state index contributed by atoms with van der Waals surface area (Å²) in [5.74, 6) is 2.68. The van der Waals surface area contributed by atoms with E-state index in [0.29, 0.717) is 38.0 Å². The number of hydrogen-bond acceptors (Lipinski definition) is 5. The number of rotatable bonds is 15. The summed E-state index contributed by atoms with van der Waals surface area (Å²) in [4.78, 5) is 41.3. The first-order chi connectivity index (χ1) is 19.1. The van der Waals surface area contributed by atoms with E-state index in [2.05, 4.69) is 30.5 Å². The highest BCUT2D eigenvalue weighted by atomic mass is 16.3. The molecular formula is C32H56N4O4. The molecule has 2 rings (SSSR count). The van der Waals surface area contributed by atoms with Crippen molar-refractivity contribution < 1.29 is 19.5 Å². The van der Waals surface area contributed by atoms with Crippen LogP contribution < -0.4 is 10.7 Å². The van der Waals surface area contributed by atoms with Crippen molar-refractivity contribution in [3.05, 3.63) is 0 Å². The molecule has 8 nitrogen and oxygen atoms in total. The summed E-state index contributed by atoms with van der Waals surface area (Å²) in [7, 11) is 1.74. The fourth-order valence-electron chi connectivity index (χ4n) is 6.48. The van der Waals surface area contributed by atoms with Gasteiger partial charge in [-0.05, 0) is 50.4 Å². The molecule has 0 heterocycles. The zero-order valence-electron chi connectivity index (χ0n) is 25.8. The Morgan fingerprint density at radius 2 is 1.62 bits per heavy atom. The lowest BCUT2D eigenvalue weighted by Crippen LogP contribution is -2.53. The molecule has 2 aliphatic carbocycles. The van der Waals surface area contributed by atoms with Crippen LogP contribution in [0.15, 0.2) is 0 Å². The van der Waals surface area contributed by atoms with Crippen LogP contribution in [0.3, 0.4) is 0 Å². The number of hydrogen-bond donors (Lipinski definition) is 3. The first-order valence-corrected chi connectivity index (χ1v) is 15.8. The number of carbonyl (C=O) groups is 3. The molecule has 0 radical (unpaired) electrons. The van der Waals surface area contributed by atoms with Crippen molar-refractivity contribution in [3.8, 4) is 12.3 Å². The van der Waals surface area contributed by atoms with E-state index in [1.807, 2.05) is 18.7 Å². The molecule has 0 spiro atoms. The number of hydrazine groups is 1. The number of carbonyl (C=O) groups excluding carboxylic acids is 3. The van der Waals surface area contributed by atoms with Crippen molar-refractivity contribution >= 4 is 17.7 Å². The summed E-state index contributed by atoms with van der Waals surface area (Å²) in [6.45, 7) is 9.77. The maximum atomic E-state index is 13.7. The highest BCUT2D eigenvalue weighted by Gasteiger charge is 2.38. The molecule has 3 N–H and O–H groups in total. The van der Waals surface area contributed by atoms with Crippen LogP contribution in [0.4, 0.5) is 0 Å². The predicted molar refractivity (Wildman–Crippen MR) is 160 cm³/mol. The minimum atomic E-state index is -0.843. The quantitative estimate of drug-likeness (QED) is 0.207. The summed E-state index contributed by atoms with van der Waals surface area (Å²) in [6.07, 6.45) is 15.4. The Balaban J connectivity index is 2.12. The molecule has 0 saturated heterocycles. The van der Waals surface area contributed by atoms with E-state index in [1.54, 1.807) is 12.1 Å². The third kappa shape index (κ3) is 11.4. The van der Waals surface area contributed by atoms with Crippen molar-refractivity contribution in [2.45, 2.75) is 117 Å². The molecule has 8 heteroatoms. The summed E-state index contributed by atoms with van der Waals surface area (Å²) in [5, 5.41) is 16.1. The van der Waals surface area contributed by atoms with E-state index >= 15 is 0 Å². The second-order valence-electron chi connectivity index (χ2n) is 12.7. The summed E-state index contributed by atoms with van der Waals surface area (Å²) >= 11 is 0. The van der Waals surface area contributed by atoms with Gasteiger partial charge in [0.25, 0.3) is 0 Å². The molecule has 2 aliphatic rings. The van der Waals surface area contributed by atoms with Crippen LogP contribution in [-0.4, -0.2) is 71.6 Å². The molecule has 0 bridgehead atoms. The Labute approximate surface area is 243 Å². The number of amides is 3. The number of nitrogens with zero attached hydrogens (tertiary/aromatic N) is 2. The first-order valence-electron chi connectivity index (χ1n) is 15.8. The second-order valence-corrected chi connectivity index (χ2v) is 12.7. The third-order valence-electron chi connectivity index (χ3n) is 8.44. The van der Waals surface area contributed by atoms with Crippen LogP contribution in [0.5, 0.6) is 0 Å². The van der Waals surface area contributed by atoms with Crippen LogP contribution >= 0.6 is 0 Å². The van der Waals surface area contributed by atoms with E-state index in [9.17, 15) is 19.5 Å². The average molecular weight is 561 g/mol. The number of nitrogens with one attached hydrogen (secondary N) is 2. The Bertz CT molecular complexity index is 829. The van der Waals surface area contributed by atoms with Gasteiger partial charge in [0.05, 0.1) is 12.1 Å². The van der Waals surface area contributed by atoms with Gasteiger partial charge >= 0.3 is 0 Å². The molecule has 2 fully saturated rings. The van der Waals surface area contributed by atoms with E-state index < -0.39 is 12.1 Å². The maximum Gasteiger partial charge on any atom is 0.234 e. The zero-order chi connectivity index (χ0) is 29.7. The molecule has 0 aromatic rings. The van der Waals surface area contributed by atoms with Crippen molar-refractivity contribution in [3.63, 3.8) is 0 Å². The smallest absolute Gasteiger partial charge is 0.234 e. The Kier molecular flexibility index (Phi) is 15.0. The largest absolute Gasteiger partial charge is 0.390 e. The first kappa shape index (κ1) is 34.1. The minimum absolute atomic E-state index is 0.0870. The predicted octanol–water partition coefficient (Wildman–Crippen LogP) is 4.13. The minimum Gasteiger partial charge on any atom is -0.390 e. The number of aliphatic hydroxyl groups is 1. The normalized spacial score (nSPS) is 23.3. The van der Waals surface area contributed by atoms with Crippen LogP contribution in [-0.2, 0) is 14.4 Å². The highest BCUT2D eigenvalue weighted by Crippen LogP contribution is 2.35. The highest BCUT2D eigenvalue weighted by molar-refractivity contribution is 5.83. The Morgan fingerprint density at radius 1 is 1.00 bits per heavy atom. The van der Waals surface area contributed by atoms with Crippen LogP contribution in [0.2, 0.25) is 0 Å². The number of terminal acetylenes is 1. The molecule has 0 aliphatic heterocycles. The molecule has 40 heavy (non-hydrogen) atoms. The fourth-order valence-corrected chi connectivity index (χ4v) is 6.48. The Hall–Kier alpha value is -2.11. The van der Waals surface area contributed by atoms with Gasteiger partial charge in [-0.25, -0.2) is 5.01 Å². The Morgan fingerprint density at radius 3 is 2.20 bits per heavy atom. The third-order valence-corrected chi connectivity index (χ3v) is 8.44. The molecule has 228 valence electrons. The van der Waals surface area contributed by atoms with Gasteiger partial charge in [0.1, 0.15) is 0 Å². The maximum absolute atomic E-state index is 13.7. The lowest BCUT2D eigenvalue weighted by Gasteiger charge is -2.36. The average Bonchev–Trinajstić information content (AvgIpc) is 2.91. The summed E-state index contributed by atoms with van der Waals surface area (Å²) in [6, 6.07) is -0.433. The van der Waals surface area contributed by atoms with Gasteiger partial charge in [-0.1, -0.05) is 59.8 Å². The van der Waals surface area contributed by atoms with E-state index in [1.165, 1.54) is 19.3 Å². The summed E-state index contributed by atoms with van der Waals surface area (Å²) in [5.41, 5.74) is 2.84. The van der Waals surface area contributed by atoms with Gasteiger partial charge in [0, 0.05) is 50.9 Å². The van der Waals surface area contributed by atoms with Gasteiger partial charge in [-0.3, -0.25) is 19.8 Å². The molecule has 5 unspecified atom stereocenters. The zero-order valence-corrected chi connectivity index (χ0v) is 25.8. The molecule has 3 amide bonds. The summed E-state index contributed by atoms with van der Waals surface area (Å²) < 4.78 is 0. The molecule has 0 aromatic heterocycles. The second kappa shape index (κ2) is 17.6. The van der Waals surface area contributed by atoms with E-state index in [0.717, 1.165) is 38.8 Å². The molecule has 5 atom stereocenters. The molecule has 0 aromatic carbocycles. The molecular weight excluding hydrogens is 504 g/mol. The monoisotopic (exact) mass is 560 g/mol. The van der Waals surface area contributed by atoms with E-state index in [4.69, 9.17) is 6.42 Å². The van der Waals surface area contributed by atoms with Crippen LogP contribution in [0.1, 0.15) is 105 Å². The van der Waals surface area contributed by atoms with Crippen molar-refractivity contribution in [1.82, 2.24) is 20.7 Å². The number of likely N-dealkylation sites (N-methyl/N-ethyl adjacent to an activating group) is 1. The van der Waals surface area contributed by atoms with Crippen LogP contribution in [0, 0.1) is 41.9 Å². The van der Waals surface area contributed by atoms with E-state index in [-0.39, 0.29) is 47.9 Å². The van der Waals surface area contributed by atoms with Gasteiger partial charge in [-0.15, -0.1) is 12.3 Å². The van der Waals surface area contributed by atoms with Crippen molar-refractivity contribution in [1.29, 1.82) is 0 Å². The SMILES string of the molecule is C#CC1CC(C(=O)NC(CC2CCCCC2)C(O)CN(C)NC(=O)CC(C)C)CC(C(=O)N(CCC)CCC)C1. The fraction of sp³-hybridized carbons (Fsp3) is 0.844. The topological polar surface area (TPSA) is 102 Å². The van der Waals surface area contributed by atoms with Gasteiger partial charge in [-0.2, -0.15) is 0 Å². The van der Waals surface area contributed by atoms with Gasteiger partial charge in [0.15, 0.2) is 0 Å². The lowest BCUT2D eigenvalue weighted by molar-refractivity contribution is -0.139. The van der Waals surface area contributed by atoms with Crippen molar-refractivity contribution in [2.24, 2.45) is 29.6 Å². The van der Waals surface area contributed by atoms with Crippen molar-refractivity contribution in [2.75, 3.05) is 26.7 Å². The number of aliphatic hydroxyl groups excluding tert-OH is 1. The van der Waals surface area contributed by atoms with Crippen LogP contribution in [0.25, 0.3) is 0 Å². The van der Waals surface area contributed by atoms with Gasteiger partial charge < -0.3 is 15.3 Å². The molecule has 2 saturated carbocycles. The lowest BCUT2D eigenvalue weighted by atomic mass is 9.74. The van der Waals surface area contributed by atoms with Gasteiger partial charge in [0.2, 0.25) is 17.7 Å².